The van der Waals surface area contributed by atoms with Crippen molar-refractivity contribution in [3.63, 3.8) is 0 Å². The van der Waals surface area contributed by atoms with Gasteiger partial charge in [0.1, 0.15) is 36.6 Å². The maximum atomic E-state index is 14.5. The molecule has 12 N–H and O–H groups in total. The number of ether oxygens (including phenoxy) is 2. The second-order valence-electron chi connectivity index (χ2n) is 16.2. The molecule has 4 aliphatic rings. The van der Waals surface area contributed by atoms with Crippen LogP contribution < -0.4 is 15.5 Å². The van der Waals surface area contributed by atoms with Gasteiger partial charge in [-0.25, -0.2) is 0 Å². The maximum Gasteiger partial charge on any atom is 0.264 e. The zero-order chi connectivity index (χ0) is 45.5. The monoisotopic (exact) mass is 878 g/mol. The van der Waals surface area contributed by atoms with Crippen LogP contribution in [0.3, 0.4) is 0 Å². The number of hydrogen-bond acceptors (Lipinski definition) is 16. The number of carbonyl (C=O) groups excluding carboxylic acids is 4. The number of benzene rings is 3. The molecule has 7 rings (SSSR count). The zero-order valence-corrected chi connectivity index (χ0v) is 33.8. The molecule has 0 aliphatic carbocycles. The second-order valence-corrected chi connectivity index (χ2v) is 16.2. The average molecular weight is 879 g/mol. The van der Waals surface area contributed by atoms with Gasteiger partial charge in [0, 0.05) is 35.8 Å². The van der Waals surface area contributed by atoms with Crippen LogP contribution in [0.15, 0.2) is 78.9 Å². The number of hydrogen-bond donors (Lipinski definition) is 12. The molecule has 4 aliphatic heterocycles. The molecule has 0 aromatic heterocycles. The molecule has 20 heteroatoms. The second kappa shape index (κ2) is 18.5. The Morgan fingerprint density at radius 3 is 1.92 bits per heavy atom. The molecule has 0 unspecified atom stereocenters. The standard InChI is InChI=1S/C43H50N4O16/c1-20(5-4-8-29(49)46-18-23-7-3-2-6-22(23)15-26(46)19-48)43(61)27-16-25(45-39(57)37-33(53)31(51)35(55)41(59)63-37)13-14-28(27)47(42(43)60)17-21-9-11-24(12-10-21)44-38(56)36-32(52)30(50)34(54)40(58)62-36/h2-7,9-14,16,20,26,30-37,40-41,48,50-55,58-59,61H,8,15,17-19H2,1H3,(H,44,56)(H,45,57)/b5-4+/t20-,26+,30+,31+,32+,33+,34-,35-,36+,37+,40-,41-,43+/m1/s1. The Bertz CT molecular complexity index is 2230. The predicted molar refractivity (Wildman–Crippen MR) is 218 cm³/mol. The molecule has 2 fully saturated rings. The fourth-order valence-electron chi connectivity index (χ4n) is 8.31. The smallest absolute Gasteiger partial charge is 0.264 e. The lowest BCUT2D eigenvalue weighted by molar-refractivity contribution is -0.274. The van der Waals surface area contributed by atoms with Crippen LogP contribution in [0.1, 0.15) is 35.6 Å². The van der Waals surface area contributed by atoms with Gasteiger partial charge in [0.25, 0.3) is 17.7 Å². The first-order valence-corrected chi connectivity index (χ1v) is 20.2. The minimum atomic E-state index is -2.29. The Morgan fingerprint density at radius 2 is 1.33 bits per heavy atom. The molecule has 3 aromatic carbocycles. The molecule has 20 nitrogen and oxygen atoms in total. The summed E-state index contributed by atoms with van der Waals surface area (Å²) < 4.78 is 10.0. The molecular weight excluding hydrogens is 828 g/mol. The molecule has 63 heavy (non-hydrogen) atoms. The largest absolute Gasteiger partial charge is 0.394 e. The number of nitrogens with zero attached hydrogens (tertiary/aromatic N) is 2. The van der Waals surface area contributed by atoms with E-state index in [0.29, 0.717) is 18.5 Å². The molecular formula is C43H50N4O16. The van der Waals surface area contributed by atoms with E-state index in [1.54, 1.807) is 24.0 Å². The van der Waals surface area contributed by atoms with Gasteiger partial charge in [0.05, 0.1) is 24.9 Å². The van der Waals surface area contributed by atoms with E-state index < -0.39 is 96.7 Å². The minimum absolute atomic E-state index is 0.0196. The lowest BCUT2D eigenvalue weighted by Gasteiger charge is -2.37. The number of carbonyl (C=O) groups is 4. The first-order valence-electron chi connectivity index (χ1n) is 20.2. The van der Waals surface area contributed by atoms with Crippen molar-refractivity contribution in [2.24, 2.45) is 5.92 Å². The Kier molecular flexibility index (Phi) is 13.4. The Balaban J connectivity index is 1.11. The fourth-order valence-corrected chi connectivity index (χ4v) is 8.31. The topological polar surface area (TPSA) is 320 Å². The average Bonchev–Trinajstić information content (AvgIpc) is 3.48. The lowest BCUT2D eigenvalue weighted by atomic mass is 9.82. The summed E-state index contributed by atoms with van der Waals surface area (Å²) in [5, 5.41) is 108. The fraction of sp³-hybridized carbons (Fsp3) is 0.442. The first kappa shape index (κ1) is 45.8. The van der Waals surface area contributed by atoms with Crippen molar-refractivity contribution >= 4 is 40.7 Å². The molecule has 0 bridgehead atoms. The Morgan fingerprint density at radius 1 is 0.778 bits per heavy atom. The van der Waals surface area contributed by atoms with Crippen molar-refractivity contribution in [3.05, 3.63) is 101 Å². The highest BCUT2D eigenvalue weighted by Gasteiger charge is 2.53. The number of aliphatic hydroxyl groups is 10. The van der Waals surface area contributed by atoms with Gasteiger partial charge >= 0.3 is 0 Å². The van der Waals surface area contributed by atoms with E-state index in [1.807, 2.05) is 24.3 Å². The highest BCUT2D eigenvalue weighted by atomic mass is 16.6. The molecule has 2 saturated heterocycles. The maximum absolute atomic E-state index is 14.5. The van der Waals surface area contributed by atoms with Crippen molar-refractivity contribution in [2.45, 2.75) is 106 Å². The third kappa shape index (κ3) is 8.85. The minimum Gasteiger partial charge on any atom is -0.394 e. The molecule has 4 amide bonds. The molecule has 13 atom stereocenters. The summed E-state index contributed by atoms with van der Waals surface area (Å²) in [5.41, 5.74) is 0.728. The number of anilines is 3. The highest BCUT2D eigenvalue weighted by molar-refractivity contribution is 6.08. The number of amides is 4. The van der Waals surface area contributed by atoms with Crippen LogP contribution in [-0.4, -0.2) is 154 Å². The van der Waals surface area contributed by atoms with E-state index >= 15 is 0 Å². The number of aliphatic hydroxyl groups excluding tert-OH is 9. The van der Waals surface area contributed by atoms with E-state index in [-0.39, 0.29) is 48.1 Å². The van der Waals surface area contributed by atoms with Gasteiger partial charge in [-0.2, -0.15) is 0 Å². The van der Waals surface area contributed by atoms with Gasteiger partial charge in [-0.05, 0) is 53.4 Å². The van der Waals surface area contributed by atoms with Crippen LogP contribution in [0.25, 0.3) is 0 Å². The van der Waals surface area contributed by atoms with E-state index in [9.17, 15) is 70.2 Å². The van der Waals surface area contributed by atoms with Crippen molar-refractivity contribution in [3.8, 4) is 0 Å². The van der Waals surface area contributed by atoms with Crippen LogP contribution >= 0.6 is 0 Å². The zero-order valence-electron chi connectivity index (χ0n) is 33.8. The van der Waals surface area contributed by atoms with Gasteiger partial charge in [0.15, 0.2) is 30.4 Å². The third-order valence-corrected chi connectivity index (χ3v) is 12.1. The van der Waals surface area contributed by atoms with Crippen molar-refractivity contribution < 1.29 is 79.7 Å². The van der Waals surface area contributed by atoms with Gasteiger partial charge in [0.2, 0.25) is 5.91 Å². The Hall–Kier alpha value is -5.20. The molecule has 338 valence electrons. The van der Waals surface area contributed by atoms with Gasteiger partial charge in [-0.15, -0.1) is 0 Å². The molecule has 0 saturated carbocycles. The Labute approximate surface area is 359 Å². The summed E-state index contributed by atoms with van der Waals surface area (Å²) in [6.45, 7) is 1.50. The predicted octanol–water partition coefficient (Wildman–Crippen LogP) is -2.57. The molecule has 4 heterocycles. The van der Waals surface area contributed by atoms with E-state index in [1.165, 1.54) is 47.4 Å². The van der Waals surface area contributed by atoms with E-state index in [0.717, 1.165) is 11.1 Å². The lowest BCUT2D eigenvalue weighted by Crippen LogP contribution is -2.60. The molecule has 0 radical (unpaired) electrons. The third-order valence-electron chi connectivity index (χ3n) is 12.1. The summed E-state index contributed by atoms with van der Waals surface area (Å²) in [6.07, 6.45) is -15.3. The van der Waals surface area contributed by atoms with E-state index in [2.05, 4.69) is 10.6 Å². The van der Waals surface area contributed by atoms with Crippen LogP contribution in [-0.2, 0) is 53.8 Å². The molecule has 3 aromatic rings. The summed E-state index contributed by atoms with van der Waals surface area (Å²) in [5.74, 6) is -4.00. The summed E-state index contributed by atoms with van der Waals surface area (Å²) in [7, 11) is 0. The van der Waals surface area contributed by atoms with Crippen molar-refractivity contribution in [1.82, 2.24) is 4.90 Å². The summed E-state index contributed by atoms with van der Waals surface area (Å²) in [4.78, 5) is 57.0. The van der Waals surface area contributed by atoms with Crippen LogP contribution in [0.5, 0.6) is 0 Å². The number of nitrogens with one attached hydrogen (secondary N) is 2. The highest BCUT2D eigenvalue weighted by Crippen LogP contribution is 2.47. The van der Waals surface area contributed by atoms with Crippen LogP contribution in [0.2, 0.25) is 0 Å². The van der Waals surface area contributed by atoms with Crippen LogP contribution in [0.4, 0.5) is 17.1 Å². The number of fused-ring (bicyclic) bond motifs is 2. The SMILES string of the molecule is C[C@H](/C=C/CC(=O)N1Cc2ccccc2C[C@H]1CO)[C@@]1(O)C(=O)N(Cc2ccc(NC(=O)[C@H]3O[C@@H](O)[C@H](O)[C@@H](O)[C@@H]3O)cc2)c2ccc(NC(=O)[C@H]3O[C@@H](O)[C@H](O)[C@@H](O)[C@@H]3O)cc21. The van der Waals surface area contributed by atoms with Gasteiger partial charge < -0.3 is 81.0 Å². The van der Waals surface area contributed by atoms with Crippen LogP contribution in [0, 0.1) is 5.92 Å². The van der Waals surface area contributed by atoms with Gasteiger partial charge in [-0.1, -0.05) is 55.5 Å². The summed E-state index contributed by atoms with van der Waals surface area (Å²) >= 11 is 0. The van der Waals surface area contributed by atoms with Crippen molar-refractivity contribution in [2.75, 3.05) is 22.1 Å². The van der Waals surface area contributed by atoms with Gasteiger partial charge in [-0.3, -0.25) is 19.2 Å². The van der Waals surface area contributed by atoms with E-state index in [4.69, 9.17) is 9.47 Å². The quantitative estimate of drug-likeness (QED) is 0.0881. The normalized spacial score (nSPS) is 32.2. The first-order chi connectivity index (χ1) is 29.9. The van der Waals surface area contributed by atoms with Crippen molar-refractivity contribution in [1.29, 1.82) is 0 Å². The number of rotatable bonds is 11. The molecule has 0 spiro atoms. The summed E-state index contributed by atoms with van der Waals surface area (Å²) in [6, 6.07) is 17.5.